The molecule has 1 atom stereocenters. The van der Waals surface area contributed by atoms with Crippen molar-refractivity contribution in [3.63, 3.8) is 0 Å². The summed E-state index contributed by atoms with van der Waals surface area (Å²) in [7, 11) is 0. The maximum atomic E-state index is 10.7. The van der Waals surface area contributed by atoms with Gasteiger partial charge in [0.2, 0.25) is 0 Å². The smallest absolute Gasteiger partial charge is 0.107 e. The van der Waals surface area contributed by atoms with Gasteiger partial charge in [-0.05, 0) is 0 Å². The molecule has 0 aromatic carbocycles. The normalized spacial score (nSPS) is 26.8. The summed E-state index contributed by atoms with van der Waals surface area (Å²) < 4.78 is 0. The highest BCUT2D eigenvalue weighted by Gasteiger charge is 2.25. The lowest BCUT2D eigenvalue weighted by atomic mass is 9.89. The van der Waals surface area contributed by atoms with E-state index in [0.29, 0.717) is 6.54 Å². The molecule has 0 radical (unpaired) electrons. The lowest BCUT2D eigenvalue weighted by molar-refractivity contribution is -0.848. The van der Waals surface area contributed by atoms with Crippen molar-refractivity contribution in [2.24, 2.45) is 10.5 Å². The summed E-state index contributed by atoms with van der Waals surface area (Å²) >= 11 is 0. The van der Waals surface area contributed by atoms with E-state index >= 15 is 0 Å². The molecule has 1 aliphatic rings. The first-order valence-electron chi connectivity index (χ1n) is 3.61. The van der Waals surface area contributed by atoms with Gasteiger partial charge >= 0.3 is 0 Å². The SMILES string of the molecule is CC(C)(C)C1=N[NH+]([O-])CC1. The van der Waals surface area contributed by atoms with Crippen molar-refractivity contribution in [1.29, 1.82) is 0 Å². The molecule has 0 saturated carbocycles. The molecule has 10 heavy (non-hydrogen) atoms. The highest BCUT2D eigenvalue weighted by atomic mass is 16.5. The number of rotatable bonds is 0. The lowest BCUT2D eigenvalue weighted by Crippen LogP contribution is -3.00. The molecule has 0 bridgehead atoms. The number of hydrogen-bond donors (Lipinski definition) is 1. The first-order valence-corrected chi connectivity index (χ1v) is 3.61. The third-order valence-electron chi connectivity index (χ3n) is 1.70. The first-order chi connectivity index (χ1) is 4.50. The summed E-state index contributed by atoms with van der Waals surface area (Å²) in [6, 6.07) is 0. The van der Waals surface area contributed by atoms with Gasteiger partial charge in [0, 0.05) is 11.8 Å². The van der Waals surface area contributed by atoms with Crippen LogP contribution in [0.15, 0.2) is 5.10 Å². The monoisotopic (exact) mass is 142 g/mol. The van der Waals surface area contributed by atoms with Crippen molar-refractivity contribution in [3.05, 3.63) is 5.21 Å². The molecular formula is C7H14N2O. The lowest BCUT2D eigenvalue weighted by Gasteiger charge is -2.15. The van der Waals surface area contributed by atoms with E-state index in [1.165, 1.54) is 0 Å². The average molecular weight is 142 g/mol. The molecule has 0 aromatic heterocycles. The fraction of sp³-hybridized carbons (Fsp3) is 0.857. The molecule has 1 aliphatic heterocycles. The van der Waals surface area contributed by atoms with Crippen LogP contribution >= 0.6 is 0 Å². The van der Waals surface area contributed by atoms with E-state index in [1.54, 1.807) is 0 Å². The van der Waals surface area contributed by atoms with Gasteiger partial charge < -0.3 is 5.21 Å². The molecule has 0 aliphatic carbocycles. The molecule has 0 spiro atoms. The summed E-state index contributed by atoms with van der Waals surface area (Å²) in [4.78, 5) is 0. The van der Waals surface area contributed by atoms with Crippen molar-refractivity contribution >= 4 is 5.71 Å². The van der Waals surface area contributed by atoms with Gasteiger partial charge in [-0.25, -0.2) is 5.17 Å². The van der Waals surface area contributed by atoms with Crippen molar-refractivity contribution < 1.29 is 5.17 Å². The number of hydroxylamine groups is 1. The summed E-state index contributed by atoms with van der Waals surface area (Å²) in [5, 5.41) is 14.7. The van der Waals surface area contributed by atoms with E-state index < -0.39 is 0 Å². The van der Waals surface area contributed by atoms with Crippen LogP contribution in [0.3, 0.4) is 0 Å². The number of nitrogens with zero attached hydrogens (tertiary/aromatic N) is 1. The Morgan fingerprint density at radius 3 is 2.30 bits per heavy atom. The van der Waals surface area contributed by atoms with Gasteiger partial charge in [-0.2, -0.15) is 0 Å². The topological polar surface area (TPSA) is 39.9 Å². The van der Waals surface area contributed by atoms with Gasteiger partial charge in [0.1, 0.15) is 6.54 Å². The highest BCUT2D eigenvalue weighted by molar-refractivity contribution is 5.89. The number of hydrogen-bond acceptors (Lipinski definition) is 2. The fourth-order valence-electron chi connectivity index (χ4n) is 1.03. The van der Waals surface area contributed by atoms with Crippen molar-refractivity contribution in [2.45, 2.75) is 27.2 Å². The molecule has 0 saturated heterocycles. The summed E-state index contributed by atoms with van der Waals surface area (Å²) in [6.07, 6.45) is 0.863. The van der Waals surface area contributed by atoms with Crippen LogP contribution in [0.5, 0.6) is 0 Å². The molecule has 1 unspecified atom stereocenters. The Morgan fingerprint density at radius 2 is 2.10 bits per heavy atom. The quantitative estimate of drug-likeness (QED) is 0.481. The van der Waals surface area contributed by atoms with Gasteiger partial charge in [-0.1, -0.05) is 25.9 Å². The second-order valence-electron chi connectivity index (χ2n) is 3.70. The van der Waals surface area contributed by atoms with E-state index in [2.05, 4.69) is 25.9 Å². The Hall–Kier alpha value is -0.410. The summed E-state index contributed by atoms with van der Waals surface area (Å²) in [5.41, 5.74) is 1.14. The Kier molecular flexibility index (Phi) is 1.79. The van der Waals surface area contributed by atoms with E-state index in [1.807, 2.05) is 0 Å². The largest absolute Gasteiger partial charge is 0.606 e. The van der Waals surface area contributed by atoms with E-state index in [-0.39, 0.29) is 10.6 Å². The minimum absolute atomic E-state index is 0.0462. The van der Waals surface area contributed by atoms with Gasteiger partial charge in [0.05, 0.1) is 5.71 Å². The predicted octanol–water partition coefficient (Wildman–Crippen LogP) is 0.175. The third kappa shape index (κ3) is 1.55. The average Bonchev–Trinajstić information content (AvgIpc) is 2.11. The highest BCUT2D eigenvalue weighted by Crippen LogP contribution is 2.18. The second kappa shape index (κ2) is 2.32. The van der Waals surface area contributed by atoms with E-state index in [9.17, 15) is 5.21 Å². The molecule has 0 amide bonds. The Labute approximate surface area is 61.3 Å². The minimum Gasteiger partial charge on any atom is -0.606 e. The molecule has 3 nitrogen and oxygen atoms in total. The molecule has 0 fully saturated rings. The zero-order chi connectivity index (χ0) is 7.78. The number of nitrogens with one attached hydrogen (secondary N) is 1. The van der Waals surface area contributed by atoms with Crippen molar-refractivity contribution in [2.75, 3.05) is 6.54 Å². The van der Waals surface area contributed by atoms with Crippen LogP contribution in [0.1, 0.15) is 27.2 Å². The van der Waals surface area contributed by atoms with Crippen LogP contribution < -0.4 is 5.17 Å². The zero-order valence-electron chi connectivity index (χ0n) is 6.77. The molecule has 0 aromatic rings. The van der Waals surface area contributed by atoms with Gasteiger partial charge in [-0.15, -0.1) is 0 Å². The standard InChI is InChI=1S/C7H14N2O/c1-7(2,3)6-4-5-9(10)8-6/h9H,4-5H2,1-3H3. The van der Waals surface area contributed by atoms with Gasteiger partial charge in [0.25, 0.3) is 0 Å². The molecular weight excluding hydrogens is 128 g/mol. The van der Waals surface area contributed by atoms with Crippen LogP contribution in [-0.4, -0.2) is 12.3 Å². The van der Waals surface area contributed by atoms with Crippen LogP contribution in [-0.2, 0) is 0 Å². The Bertz CT molecular complexity index is 157. The van der Waals surface area contributed by atoms with E-state index in [4.69, 9.17) is 0 Å². The molecule has 58 valence electrons. The summed E-state index contributed by atoms with van der Waals surface area (Å²) in [6.45, 7) is 6.88. The molecule has 3 heteroatoms. The molecule has 1 rings (SSSR count). The molecule has 1 N–H and O–H groups in total. The van der Waals surface area contributed by atoms with Gasteiger partial charge in [-0.3, -0.25) is 0 Å². The zero-order valence-corrected chi connectivity index (χ0v) is 6.77. The van der Waals surface area contributed by atoms with Crippen molar-refractivity contribution in [1.82, 2.24) is 0 Å². The fourth-order valence-corrected chi connectivity index (χ4v) is 1.03. The second-order valence-corrected chi connectivity index (χ2v) is 3.70. The predicted molar refractivity (Wildman–Crippen MR) is 40.7 cm³/mol. The van der Waals surface area contributed by atoms with Crippen LogP contribution in [0.2, 0.25) is 0 Å². The summed E-state index contributed by atoms with van der Waals surface area (Å²) in [5.74, 6) is 0. The van der Waals surface area contributed by atoms with Gasteiger partial charge in [0.15, 0.2) is 0 Å². The maximum Gasteiger partial charge on any atom is 0.107 e. The molecule has 1 heterocycles. The Balaban J connectivity index is 2.67. The minimum atomic E-state index is 0.0462. The van der Waals surface area contributed by atoms with Crippen LogP contribution in [0, 0.1) is 10.6 Å². The van der Waals surface area contributed by atoms with Crippen LogP contribution in [0.25, 0.3) is 0 Å². The Morgan fingerprint density at radius 1 is 1.50 bits per heavy atom. The third-order valence-corrected chi connectivity index (χ3v) is 1.70. The number of quaternary nitrogens is 1. The first kappa shape index (κ1) is 7.69. The van der Waals surface area contributed by atoms with Crippen molar-refractivity contribution in [3.8, 4) is 0 Å². The van der Waals surface area contributed by atoms with E-state index in [0.717, 1.165) is 12.1 Å². The van der Waals surface area contributed by atoms with Crippen LogP contribution in [0.4, 0.5) is 0 Å². The maximum absolute atomic E-state index is 10.7.